The van der Waals surface area contributed by atoms with Gasteiger partial charge >= 0.3 is 0 Å². The third-order valence-electron chi connectivity index (χ3n) is 2.34. The van der Waals surface area contributed by atoms with Gasteiger partial charge in [-0.05, 0) is 11.5 Å². The summed E-state index contributed by atoms with van der Waals surface area (Å²) in [5.41, 5.74) is 1.02. The molecule has 2 atom stereocenters. The van der Waals surface area contributed by atoms with E-state index >= 15 is 0 Å². The highest BCUT2D eigenvalue weighted by Gasteiger charge is 2.29. The van der Waals surface area contributed by atoms with Crippen LogP contribution >= 0.6 is 11.5 Å². The molecule has 0 aromatic carbocycles. The highest BCUT2D eigenvalue weighted by Crippen LogP contribution is 2.31. The molecule has 2 heterocycles. The quantitative estimate of drug-likeness (QED) is 0.716. The fourth-order valence-corrected chi connectivity index (χ4v) is 2.34. The fraction of sp³-hybridized carbons (Fsp3) is 0.625. The SMILES string of the molecule is COc1nscc1[C@@H]1CNC[C@H]1O. The van der Waals surface area contributed by atoms with Crippen molar-refractivity contribution in [1.82, 2.24) is 9.69 Å². The number of nitrogens with zero attached hydrogens (tertiary/aromatic N) is 1. The summed E-state index contributed by atoms with van der Waals surface area (Å²) in [5, 5.41) is 14.7. The molecule has 5 heteroatoms. The first kappa shape index (κ1) is 8.93. The minimum absolute atomic E-state index is 0.133. The molecule has 0 spiro atoms. The Bertz CT molecular complexity index is 289. The van der Waals surface area contributed by atoms with Crippen molar-refractivity contribution in [3.05, 3.63) is 10.9 Å². The zero-order valence-corrected chi connectivity index (χ0v) is 8.17. The van der Waals surface area contributed by atoms with Crippen LogP contribution in [0.15, 0.2) is 5.38 Å². The van der Waals surface area contributed by atoms with Crippen molar-refractivity contribution in [2.75, 3.05) is 20.2 Å². The van der Waals surface area contributed by atoms with Gasteiger partial charge in [-0.25, -0.2) is 0 Å². The van der Waals surface area contributed by atoms with E-state index in [-0.39, 0.29) is 12.0 Å². The summed E-state index contributed by atoms with van der Waals surface area (Å²) in [4.78, 5) is 0. The molecule has 1 saturated heterocycles. The van der Waals surface area contributed by atoms with Gasteiger partial charge in [0.15, 0.2) is 0 Å². The topological polar surface area (TPSA) is 54.4 Å². The number of nitrogens with one attached hydrogen (secondary N) is 1. The summed E-state index contributed by atoms with van der Waals surface area (Å²) in [6.07, 6.45) is -0.315. The molecule has 0 bridgehead atoms. The number of aliphatic hydroxyl groups is 1. The molecule has 1 aromatic rings. The van der Waals surface area contributed by atoms with E-state index in [1.807, 2.05) is 5.38 Å². The van der Waals surface area contributed by atoms with E-state index in [2.05, 4.69) is 9.69 Å². The molecule has 1 aliphatic heterocycles. The maximum Gasteiger partial charge on any atom is 0.228 e. The molecule has 72 valence electrons. The molecule has 0 unspecified atom stereocenters. The van der Waals surface area contributed by atoms with Crippen LogP contribution < -0.4 is 10.1 Å². The van der Waals surface area contributed by atoms with Crippen LogP contribution in [0.2, 0.25) is 0 Å². The highest BCUT2D eigenvalue weighted by atomic mass is 32.1. The van der Waals surface area contributed by atoms with Gasteiger partial charge in [0.05, 0.1) is 13.2 Å². The normalized spacial score (nSPS) is 27.8. The summed E-state index contributed by atoms with van der Waals surface area (Å²) in [5.74, 6) is 0.784. The summed E-state index contributed by atoms with van der Waals surface area (Å²) in [6.45, 7) is 1.46. The second-order valence-corrected chi connectivity index (χ2v) is 3.74. The largest absolute Gasteiger partial charge is 0.480 e. The lowest BCUT2D eigenvalue weighted by molar-refractivity contribution is 0.176. The molecule has 13 heavy (non-hydrogen) atoms. The standard InChI is InChI=1S/C8H12N2O2S/c1-12-8-6(4-13-10-8)5-2-9-3-7(5)11/h4-5,7,9,11H,2-3H2,1H3/t5-,7+/m0/s1. The molecular formula is C8H12N2O2S. The van der Waals surface area contributed by atoms with Gasteiger partial charge in [0, 0.05) is 30.0 Å². The van der Waals surface area contributed by atoms with Crippen molar-refractivity contribution in [2.24, 2.45) is 0 Å². The third kappa shape index (κ3) is 1.54. The maximum atomic E-state index is 9.64. The van der Waals surface area contributed by atoms with Gasteiger partial charge in [0.2, 0.25) is 5.88 Å². The second-order valence-electron chi connectivity index (χ2n) is 3.11. The van der Waals surface area contributed by atoms with Crippen molar-refractivity contribution in [3.63, 3.8) is 0 Å². The summed E-state index contributed by atoms with van der Waals surface area (Å²) in [7, 11) is 1.60. The van der Waals surface area contributed by atoms with Crippen molar-refractivity contribution in [1.29, 1.82) is 0 Å². The predicted octanol–water partition coefficient (Wildman–Crippen LogP) is 0.199. The van der Waals surface area contributed by atoms with Gasteiger partial charge in [0.1, 0.15) is 0 Å². The van der Waals surface area contributed by atoms with Crippen LogP contribution in [0.1, 0.15) is 11.5 Å². The number of β-amino-alcohol motifs (C(OH)–C–C–N with tert-alkyl or cyclic N) is 1. The second kappa shape index (κ2) is 3.61. The molecule has 1 fully saturated rings. The molecule has 2 N–H and O–H groups in total. The van der Waals surface area contributed by atoms with Crippen LogP contribution in [0.4, 0.5) is 0 Å². The molecule has 2 rings (SSSR count). The highest BCUT2D eigenvalue weighted by molar-refractivity contribution is 7.03. The van der Waals surface area contributed by atoms with Gasteiger partial charge in [-0.3, -0.25) is 0 Å². The smallest absolute Gasteiger partial charge is 0.228 e. The molecule has 0 saturated carbocycles. The van der Waals surface area contributed by atoms with E-state index in [1.54, 1.807) is 7.11 Å². The number of hydrogen-bond donors (Lipinski definition) is 2. The lowest BCUT2D eigenvalue weighted by atomic mass is 9.99. The molecule has 1 aliphatic rings. The van der Waals surface area contributed by atoms with Gasteiger partial charge in [-0.1, -0.05) is 0 Å². The molecule has 0 amide bonds. The third-order valence-corrected chi connectivity index (χ3v) is 2.97. The number of ether oxygens (including phenoxy) is 1. The van der Waals surface area contributed by atoms with E-state index in [0.717, 1.165) is 12.1 Å². The molecule has 0 radical (unpaired) electrons. The Kier molecular flexibility index (Phi) is 2.48. The average molecular weight is 200 g/mol. The predicted molar refractivity (Wildman–Crippen MR) is 50.3 cm³/mol. The average Bonchev–Trinajstić information content (AvgIpc) is 2.71. The number of methoxy groups -OCH3 is 1. The number of aromatic nitrogens is 1. The van der Waals surface area contributed by atoms with Gasteiger partial charge in [-0.2, -0.15) is 4.37 Å². The fourth-order valence-electron chi connectivity index (χ4n) is 1.62. The minimum Gasteiger partial charge on any atom is -0.480 e. The molecule has 0 aliphatic carbocycles. The Morgan fingerprint density at radius 3 is 3.15 bits per heavy atom. The van der Waals surface area contributed by atoms with E-state index < -0.39 is 0 Å². The van der Waals surface area contributed by atoms with Crippen molar-refractivity contribution in [2.45, 2.75) is 12.0 Å². The van der Waals surface area contributed by atoms with E-state index in [1.165, 1.54) is 11.5 Å². The Labute approximate surface area is 80.7 Å². The van der Waals surface area contributed by atoms with Crippen LogP contribution in [0.5, 0.6) is 5.88 Å². The van der Waals surface area contributed by atoms with Gasteiger partial charge < -0.3 is 15.2 Å². The summed E-state index contributed by atoms with van der Waals surface area (Å²) >= 11 is 1.37. The zero-order chi connectivity index (χ0) is 9.26. The van der Waals surface area contributed by atoms with Crippen LogP contribution in [0.25, 0.3) is 0 Å². The van der Waals surface area contributed by atoms with Crippen LogP contribution in [0, 0.1) is 0 Å². The van der Waals surface area contributed by atoms with Gasteiger partial charge in [0.25, 0.3) is 0 Å². The minimum atomic E-state index is -0.315. The Hall–Kier alpha value is -0.650. The molecular weight excluding hydrogens is 188 g/mol. The first-order valence-corrected chi connectivity index (χ1v) is 5.03. The summed E-state index contributed by atoms with van der Waals surface area (Å²) < 4.78 is 9.20. The Morgan fingerprint density at radius 2 is 2.54 bits per heavy atom. The molecule has 1 aromatic heterocycles. The number of aliphatic hydroxyl groups excluding tert-OH is 1. The number of hydrogen-bond acceptors (Lipinski definition) is 5. The van der Waals surface area contributed by atoms with Crippen LogP contribution in [-0.4, -0.2) is 35.8 Å². The lowest BCUT2D eigenvalue weighted by Crippen LogP contribution is -2.16. The monoisotopic (exact) mass is 200 g/mol. The first-order valence-electron chi connectivity index (χ1n) is 4.20. The Morgan fingerprint density at radius 1 is 1.69 bits per heavy atom. The summed E-state index contributed by atoms with van der Waals surface area (Å²) in [6, 6.07) is 0. The van der Waals surface area contributed by atoms with E-state index in [9.17, 15) is 5.11 Å². The zero-order valence-electron chi connectivity index (χ0n) is 7.36. The lowest BCUT2D eigenvalue weighted by Gasteiger charge is -2.12. The van der Waals surface area contributed by atoms with E-state index in [4.69, 9.17) is 4.74 Å². The molecule has 4 nitrogen and oxygen atoms in total. The van der Waals surface area contributed by atoms with Crippen LogP contribution in [-0.2, 0) is 0 Å². The van der Waals surface area contributed by atoms with Crippen molar-refractivity contribution >= 4 is 11.5 Å². The van der Waals surface area contributed by atoms with Crippen molar-refractivity contribution < 1.29 is 9.84 Å². The maximum absolute atomic E-state index is 9.64. The first-order chi connectivity index (χ1) is 6.33. The van der Waals surface area contributed by atoms with Gasteiger partial charge in [-0.15, -0.1) is 0 Å². The Balaban J connectivity index is 2.23. The van der Waals surface area contributed by atoms with Crippen molar-refractivity contribution in [3.8, 4) is 5.88 Å². The van der Waals surface area contributed by atoms with E-state index in [0.29, 0.717) is 12.4 Å². The van der Waals surface area contributed by atoms with Crippen LogP contribution in [0.3, 0.4) is 0 Å². The number of rotatable bonds is 2.